The molecule has 1 fully saturated rings. The summed E-state index contributed by atoms with van der Waals surface area (Å²) in [7, 11) is 3.06. The molecule has 2 amide bonds. The molecule has 0 radical (unpaired) electrons. The largest absolute Gasteiger partial charge is 0.493 e. The number of para-hydroxylation sites is 1. The summed E-state index contributed by atoms with van der Waals surface area (Å²) < 4.78 is 24.9. The van der Waals surface area contributed by atoms with Gasteiger partial charge in [-0.3, -0.25) is 14.5 Å². The molecule has 0 aliphatic heterocycles. The normalized spacial score (nSPS) is 14.5. The Morgan fingerprint density at radius 1 is 0.975 bits per heavy atom. The standard InChI is InChI=1S/C32H34FN3O4/c1-39-28-17-16-25(19-29(28)40-2)36(30(37)18-22-20-34-27-11-7-6-10-26(22)27)31(21-12-14-23(33)15-13-21)32(38)35-24-8-4-3-5-9-24/h6-7,10-17,19-20,24,31,34H,3-5,8-9,18H2,1-2H3,(H,35,38)/t31-/m0/s1. The third kappa shape index (κ3) is 5.81. The van der Waals surface area contributed by atoms with Crippen molar-refractivity contribution < 1.29 is 23.5 Å². The zero-order chi connectivity index (χ0) is 28.1. The molecule has 1 aliphatic rings. The van der Waals surface area contributed by atoms with E-state index in [1.54, 1.807) is 30.3 Å². The van der Waals surface area contributed by atoms with E-state index in [9.17, 15) is 14.0 Å². The van der Waals surface area contributed by atoms with Crippen LogP contribution in [0.2, 0.25) is 0 Å². The van der Waals surface area contributed by atoms with Gasteiger partial charge in [-0.2, -0.15) is 0 Å². The fourth-order valence-corrected chi connectivity index (χ4v) is 5.53. The minimum Gasteiger partial charge on any atom is -0.493 e. The van der Waals surface area contributed by atoms with Crippen LogP contribution in [0.5, 0.6) is 11.5 Å². The number of aromatic amines is 1. The van der Waals surface area contributed by atoms with Gasteiger partial charge in [0.15, 0.2) is 11.5 Å². The van der Waals surface area contributed by atoms with Crippen molar-refractivity contribution in [2.75, 3.05) is 19.1 Å². The minimum absolute atomic E-state index is 0.0279. The summed E-state index contributed by atoms with van der Waals surface area (Å²) in [5.74, 6) is -0.0839. The first kappa shape index (κ1) is 27.2. The quantitative estimate of drug-likeness (QED) is 0.268. The van der Waals surface area contributed by atoms with Crippen LogP contribution in [0.3, 0.4) is 0 Å². The number of halogens is 1. The van der Waals surface area contributed by atoms with Gasteiger partial charge < -0.3 is 19.8 Å². The van der Waals surface area contributed by atoms with Crippen molar-refractivity contribution in [3.8, 4) is 11.5 Å². The number of rotatable bonds is 9. The van der Waals surface area contributed by atoms with Crippen molar-refractivity contribution in [3.05, 3.63) is 89.9 Å². The van der Waals surface area contributed by atoms with E-state index in [0.717, 1.165) is 48.6 Å². The van der Waals surface area contributed by atoms with E-state index in [-0.39, 0.29) is 24.3 Å². The van der Waals surface area contributed by atoms with Gasteiger partial charge >= 0.3 is 0 Å². The monoisotopic (exact) mass is 543 g/mol. The highest BCUT2D eigenvalue weighted by molar-refractivity contribution is 6.03. The van der Waals surface area contributed by atoms with Crippen molar-refractivity contribution in [1.29, 1.82) is 0 Å². The van der Waals surface area contributed by atoms with Gasteiger partial charge in [-0.25, -0.2) is 4.39 Å². The molecule has 4 aromatic rings. The molecule has 0 bridgehead atoms. The number of anilines is 1. The van der Waals surface area contributed by atoms with Crippen LogP contribution < -0.4 is 19.7 Å². The number of nitrogens with one attached hydrogen (secondary N) is 2. The molecular formula is C32H34FN3O4. The molecule has 0 saturated heterocycles. The maximum atomic E-state index is 14.3. The van der Waals surface area contributed by atoms with Gasteiger partial charge in [-0.05, 0) is 54.3 Å². The van der Waals surface area contributed by atoms with E-state index in [1.165, 1.54) is 31.3 Å². The van der Waals surface area contributed by atoms with Crippen LogP contribution in [0.1, 0.15) is 49.3 Å². The second-order valence-electron chi connectivity index (χ2n) is 10.1. The first-order valence-electron chi connectivity index (χ1n) is 13.6. The van der Waals surface area contributed by atoms with Gasteiger partial charge in [0.25, 0.3) is 0 Å². The van der Waals surface area contributed by atoms with Crippen LogP contribution in [-0.2, 0) is 16.0 Å². The predicted molar refractivity (Wildman–Crippen MR) is 153 cm³/mol. The van der Waals surface area contributed by atoms with Gasteiger partial charge in [0.05, 0.1) is 20.6 Å². The van der Waals surface area contributed by atoms with Crippen LogP contribution in [0, 0.1) is 5.82 Å². The van der Waals surface area contributed by atoms with Crippen LogP contribution >= 0.6 is 0 Å². The Morgan fingerprint density at radius 2 is 1.70 bits per heavy atom. The van der Waals surface area contributed by atoms with E-state index in [0.29, 0.717) is 22.7 Å². The summed E-state index contributed by atoms with van der Waals surface area (Å²) in [5, 5.41) is 4.13. The number of methoxy groups -OCH3 is 2. The second-order valence-corrected chi connectivity index (χ2v) is 10.1. The number of aromatic nitrogens is 1. The fourth-order valence-electron chi connectivity index (χ4n) is 5.53. The molecule has 1 atom stereocenters. The van der Waals surface area contributed by atoms with Crippen molar-refractivity contribution in [1.82, 2.24) is 10.3 Å². The number of amides is 2. The van der Waals surface area contributed by atoms with Gasteiger partial charge in [0, 0.05) is 34.9 Å². The Balaban J connectivity index is 1.60. The fraction of sp³-hybridized carbons (Fsp3) is 0.312. The number of fused-ring (bicyclic) bond motifs is 1. The maximum absolute atomic E-state index is 14.3. The molecule has 5 rings (SSSR count). The summed E-state index contributed by atoms with van der Waals surface area (Å²) >= 11 is 0. The van der Waals surface area contributed by atoms with Crippen molar-refractivity contribution in [2.24, 2.45) is 0 Å². The van der Waals surface area contributed by atoms with E-state index in [4.69, 9.17) is 9.47 Å². The Kier molecular flexibility index (Phi) is 8.34. The zero-order valence-electron chi connectivity index (χ0n) is 22.8. The molecule has 0 unspecified atom stereocenters. The lowest BCUT2D eigenvalue weighted by Crippen LogP contribution is -2.47. The highest BCUT2D eigenvalue weighted by Gasteiger charge is 2.35. The number of carbonyl (C=O) groups is 2. The van der Waals surface area contributed by atoms with E-state index in [1.807, 2.05) is 30.5 Å². The molecule has 1 aliphatic carbocycles. The maximum Gasteiger partial charge on any atom is 0.248 e. The molecule has 3 aromatic carbocycles. The lowest BCUT2D eigenvalue weighted by molar-refractivity contribution is -0.127. The molecule has 2 N–H and O–H groups in total. The summed E-state index contributed by atoms with van der Waals surface area (Å²) in [5.41, 5.74) is 2.72. The molecule has 0 spiro atoms. The predicted octanol–water partition coefficient (Wildman–Crippen LogP) is 6.09. The summed E-state index contributed by atoms with van der Waals surface area (Å²) in [6.45, 7) is 0. The number of hydrogen-bond acceptors (Lipinski definition) is 4. The highest BCUT2D eigenvalue weighted by atomic mass is 19.1. The van der Waals surface area contributed by atoms with Gasteiger partial charge in [-0.1, -0.05) is 49.6 Å². The molecule has 40 heavy (non-hydrogen) atoms. The number of carbonyl (C=O) groups excluding carboxylic acids is 2. The average molecular weight is 544 g/mol. The second kappa shape index (κ2) is 12.2. The van der Waals surface area contributed by atoms with Crippen LogP contribution in [0.4, 0.5) is 10.1 Å². The van der Waals surface area contributed by atoms with E-state index in [2.05, 4.69) is 10.3 Å². The molecule has 1 aromatic heterocycles. The third-order valence-electron chi connectivity index (χ3n) is 7.57. The van der Waals surface area contributed by atoms with Crippen molar-refractivity contribution >= 4 is 28.4 Å². The SMILES string of the molecule is COc1ccc(N(C(=O)Cc2c[nH]c3ccccc23)[C@H](C(=O)NC2CCCCC2)c2ccc(F)cc2)cc1OC. The zero-order valence-corrected chi connectivity index (χ0v) is 22.8. The third-order valence-corrected chi connectivity index (χ3v) is 7.57. The Labute approximate surface area is 233 Å². The first-order valence-corrected chi connectivity index (χ1v) is 13.6. The van der Waals surface area contributed by atoms with Crippen molar-refractivity contribution in [2.45, 2.75) is 50.6 Å². The number of benzene rings is 3. The van der Waals surface area contributed by atoms with Crippen LogP contribution in [-0.4, -0.2) is 37.1 Å². The first-order chi connectivity index (χ1) is 19.5. The van der Waals surface area contributed by atoms with Crippen LogP contribution in [0.25, 0.3) is 10.9 Å². The summed E-state index contributed by atoms with van der Waals surface area (Å²) in [4.78, 5) is 33.0. The average Bonchev–Trinajstić information content (AvgIpc) is 3.39. The number of H-pyrrole nitrogens is 1. The van der Waals surface area contributed by atoms with Gasteiger partial charge in [-0.15, -0.1) is 0 Å². The van der Waals surface area contributed by atoms with Crippen molar-refractivity contribution in [3.63, 3.8) is 0 Å². The Bertz CT molecular complexity index is 1480. The topological polar surface area (TPSA) is 83.7 Å². The van der Waals surface area contributed by atoms with Gasteiger partial charge in [0.1, 0.15) is 11.9 Å². The lowest BCUT2D eigenvalue weighted by atomic mass is 9.94. The molecular weight excluding hydrogens is 509 g/mol. The lowest BCUT2D eigenvalue weighted by Gasteiger charge is -2.34. The van der Waals surface area contributed by atoms with E-state index < -0.39 is 11.9 Å². The summed E-state index contributed by atoms with van der Waals surface area (Å²) in [6.07, 6.45) is 6.89. The van der Waals surface area contributed by atoms with Crippen LogP contribution in [0.15, 0.2) is 72.9 Å². The molecule has 208 valence electrons. The molecule has 7 nitrogen and oxygen atoms in total. The summed E-state index contributed by atoms with van der Waals surface area (Å²) in [6, 6.07) is 17.7. The molecule has 8 heteroatoms. The number of ether oxygens (including phenoxy) is 2. The number of nitrogens with zero attached hydrogens (tertiary/aromatic N) is 1. The highest BCUT2D eigenvalue weighted by Crippen LogP contribution is 2.36. The minimum atomic E-state index is -1.03. The smallest absolute Gasteiger partial charge is 0.248 e. The molecule has 1 saturated carbocycles. The van der Waals surface area contributed by atoms with E-state index >= 15 is 0 Å². The Morgan fingerprint density at radius 3 is 2.42 bits per heavy atom. The molecule has 1 heterocycles. The van der Waals surface area contributed by atoms with Gasteiger partial charge in [0.2, 0.25) is 11.8 Å². The number of hydrogen-bond donors (Lipinski definition) is 2. The Hall–Kier alpha value is -4.33.